The summed E-state index contributed by atoms with van der Waals surface area (Å²) in [5.74, 6) is -0.0416. The number of rotatable bonds is 8. The molecule has 1 amide bonds. The van der Waals surface area contributed by atoms with Crippen molar-refractivity contribution >= 4 is 23.5 Å². The Morgan fingerprint density at radius 2 is 1.71 bits per heavy atom. The van der Waals surface area contributed by atoms with Gasteiger partial charge in [0.15, 0.2) is 6.61 Å². The fourth-order valence-electron chi connectivity index (χ4n) is 4.40. The van der Waals surface area contributed by atoms with Gasteiger partial charge >= 0.3 is 11.9 Å². The molecule has 0 saturated heterocycles. The summed E-state index contributed by atoms with van der Waals surface area (Å²) in [5.41, 5.74) is 0.735. The Labute approximate surface area is 200 Å². The summed E-state index contributed by atoms with van der Waals surface area (Å²) in [6.07, 6.45) is 2.76. The van der Waals surface area contributed by atoms with Crippen molar-refractivity contribution in [3.05, 3.63) is 59.7 Å². The van der Waals surface area contributed by atoms with Crippen LogP contribution in [0.1, 0.15) is 60.7 Å². The zero-order valence-corrected chi connectivity index (χ0v) is 20.2. The van der Waals surface area contributed by atoms with Crippen molar-refractivity contribution in [2.75, 3.05) is 19.0 Å². The summed E-state index contributed by atoms with van der Waals surface area (Å²) in [6.45, 7) is 5.96. The molecule has 0 aliphatic heterocycles. The summed E-state index contributed by atoms with van der Waals surface area (Å²) >= 11 is 0. The van der Waals surface area contributed by atoms with E-state index in [-0.39, 0.29) is 17.2 Å². The summed E-state index contributed by atoms with van der Waals surface area (Å²) in [5, 5.41) is 2.65. The minimum Gasteiger partial charge on any atom is -0.497 e. The first-order valence-corrected chi connectivity index (χ1v) is 11.7. The number of amides is 1. The topological polar surface area (TPSA) is 90.9 Å². The third-order valence-electron chi connectivity index (χ3n) is 6.27. The maximum absolute atomic E-state index is 13.0. The second kappa shape index (κ2) is 11.7. The molecule has 7 heteroatoms. The van der Waals surface area contributed by atoms with Gasteiger partial charge in [-0.2, -0.15) is 0 Å². The predicted molar refractivity (Wildman–Crippen MR) is 129 cm³/mol. The van der Waals surface area contributed by atoms with Crippen LogP contribution in [0.25, 0.3) is 0 Å². The van der Waals surface area contributed by atoms with Crippen molar-refractivity contribution in [1.82, 2.24) is 0 Å². The molecule has 1 fully saturated rings. The Balaban J connectivity index is 1.63. The minimum absolute atomic E-state index is 0.0756. The lowest BCUT2D eigenvalue weighted by molar-refractivity contribution is -0.119. The molecule has 0 heterocycles. The van der Waals surface area contributed by atoms with E-state index in [1.165, 1.54) is 13.2 Å². The fraction of sp³-hybridized carbons (Fsp3) is 0.444. The minimum atomic E-state index is -0.759. The number of carbonyl (C=O) groups is 3. The van der Waals surface area contributed by atoms with Crippen molar-refractivity contribution in [3.8, 4) is 5.75 Å². The van der Waals surface area contributed by atoms with Gasteiger partial charge in [0.2, 0.25) is 0 Å². The average Bonchev–Trinajstić information content (AvgIpc) is 2.82. The predicted octanol–water partition coefficient (Wildman–Crippen LogP) is 5.11. The zero-order valence-electron chi connectivity index (χ0n) is 20.2. The Kier molecular flexibility index (Phi) is 8.68. The fourth-order valence-corrected chi connectivity index (χ4v) is 4.40. The number of ether oxygens (including phenoxy) is 3. The van der Waals surface area contributed by atoms with Gasteiger partial charge in [0.25, 0.3) is 5.91 Å². The normalized spacial score (nSPS) is 19.9. The van der Waals surface area contributed by atoms with Crippen molar-refractivity contribution in [1.29, 1.82) is 0 Å². The maximum atomic E-state index is 13.0. The van der Waals surface area contributed by atoms with E-state index in [1.54, 1.807) is 42.5 Å². The molecule has 2 aromatic rings. The van der Waals surface area contributed by atoms with Gasteiger partial charge in [0, 0.05) is 11.8 Å². The number of benzene rings is 2. The highest BCUT2D eigenvalue weighted by molar-refractivity contribution is 6.04. The molecular weight excluding hydrogens is 434 g/mol. The van der Waals surface area contributed by atoms with E-state index in [9.17, 15) is 14.4 Å². The largest absolute Gasteiger partial charge is 0.497 e. The summed E-state index contributed by atoms with van der Waals surface area (Å²) in [4.78, 5) is 38.0. The second-order valence-electron chi connectivity index (χ2n) is 9.17. The van der Waals surface area contributed by atoms with Crippen LogP contribution in [0.3, 0.4) is 0 Å². The molecule has 0 spiro atoms. The van der Waals surface area contributed by atoms with Gasteiger partial charge in [0.05, 0.1) is 18.2 Å². The van der Waals surface area contributed by atoms with Gasteiger partial charge in [-0.3, -0.25) is 4.79 Å². The molecule has 0 radical (unpaired) electrons. The van der Waals surface area contributed by atoms with Gasteiger partial charge in [0.1, 0.15) is 11.9 Å². The van der Waals surface area contributed by atoms with E-state index in [0.717, 1.165) is 19.3 Å². The summed E-state index contributed by atoms with van der Waals surface area (Å²) in [6, 6.07) is 13.2. The van der Waals surface area contributed by atoms with E-state index in [0.29, 0.717) is 29.2 Å². The maximum Gasteiger partial charge on any atom is 0.339 e. The molecule has 1 N–H and O–H groups in total. The van der Waals surface area contributed by atoms with Gasteiger partial charge in [-0.05, 0) is 54.9 Å². The molecule has 1 saturated carbocycles. The van der Waals surface area contributed by atoms with Gasteiger partial charge in [-0.15, -0.1) is 0 Å². The van der Waals surface area contributed by atoms with Crippen LogP contribution in [-0.2, 0) is 14.3 Å². The monoisotopic (exact) mass is 467 g/mol. The van der Waals surface area contributed by atoms with E-state index in [4.69, 9.17) is 14.2 Å². The highest BCUT2D eigenvalue weighted by Gasteiger charge is 2.34. The molecule has 7 nitrogen and oxygen atoms in total. The number of hydrogen-bond acceptors (Lipinski definition) is 6. The summed E-state index contributed by atoms with van der Waals surface area (Å²) in [7, 11) is 1.53. The lowest BCUT2D eigenvalue weighted by Gasteiger charge is -2.36. The van der Waals surface area contributed by atoms with Crippen LogP contribution >= 0.6 is 0 Å². The van der Waals surface area contributed by atoms with Gasteiger partial charge in [-0.1, -0.05) is 45.4 Å². The van der Waals surface area contributed by atoms with E-state index in [2.05, 4.69) is 26.1 Å². The van der Waals surface area contributed by atoms with Crippen LogP contribution in [0.2, 0.25) is 0 Å². The average molecular weight is 468 g/mol. The van der Waals surface area contributed by atoms with Gasteiger partial charge < -0.3 is 19.5 Å². The van der Waals surface area contributed by atoms with Gasteiger partial charge in [-0.25, -0.2) is 9.59 Å². The first kappa shape index (κ1) is 25.3. The Hall–Kier alpha value is -3.35. The Morgan fingerprint density at radius 1 is 1.00 bits per heavy atom. The highest BCUT2D eigenvalue weighted by Crippen LogP contribution is 2.35. The number of nitrogens with one attached hydrogen (secondary N) is 1. The second-order valence-corrected chi connectivity index (χ2v) is 9.17. The molecule has 3 atom stereocenters. The standard InChI is InChI=1S/C27H33NO6/c1-17(2)21-13-12-18(3)14-24(21)34-27(31)23-11-6-5-10-22(23)26(30)33-16-25(29)28-19-8-7-9-20(15-19)32-4/h5-11,15,17-18,21,24H,12-14,16H2,1-4H3,(H,28,29)/t18-,21+,24+/m0/s1. The lowest BCUT2D eigenvalue weighted by Crippen LogP contribution is -2.36. The first-order chi connectivity index (χ1) is 16.3. The number of methoxy groups -OCH3 is 1. The number of carbonyl (C=O) groups excluding carboxylic acids is 3. The van der Waals surface area contributed by atoms with Crippen molar-refractivity contribution < 1.29 is 28.6 Å². The molecule has 3 rings (SSSR count). The van der Waals surface area contributed by atoms with Crippen LogP contribution in [0.5, 0.6) is 5.75 Å². The SMILES string of the molecule is COc1cccc(NC(=O)COC(=O)c2ccccc2C(=O)O[C@@H]2C[C@@H](C)CC[C@@H]2C(C)C)c1. The van der Waals surface area contributed by atoms with Crippen LogP contribution in [-0.4, -0.2) is 37.7 Å². The molecule has 34 heavy (non-hydrogen) atoms. The van der Waals surface area contributed by atoms with Crippen molar-refractivity contribution in [2.24, 2.45) is 17.8 Å². The Morgan fingerprint density at radius 3 is 2.38 bits per heavy atom. The summed E-state index contributed by atoms with van der Waals surface area (Å²) < 4.78 is 16.2. The van der Waals surface area contributed by atoms with Crippen molar-refractivity contribution in [3.63, 3.8) is 0 Å². The Bertz CT molecular complexity index is 1020. The van der Waals surface area contributed by atoms with Crippen LogP contribution in [0.4, 0.5) is 5.69 Å². The van der Waals surface area contributed by atoms with Crippen molar-refractivity contribution in [2.45, 2.75) is 46.1 Å². The van der Waals surface area contributed by atoms with E-state index >= 15 is 0 Å². The third kappa shape index (κ3) is 6.59. The quantitative estimate of drug-likeness (QED) is 0.543. The molecular formula is C27H33NO6. The van der Waals surface area contributed by atoms with Crippen LogP contribution < -0.4 is 10.1 Å². The molecule has 0 bridgehead atoms. The molecule has 1 aliphatic rings. The third-order valence-corrected chi connectivity index (χ3v) is 6.27. The number of hydrogen-bond donors (Lipinski definition) is 1. The number of anilines is 1. The zero-order chi connectivity index (χ0) is 24.7. The van der Waals surface area contributed by atoms with Crippen LogP contribution in [0, 0.1) is 17.8 Å². The highest BCUT2D eigenvalue weighted by atomic mass is 16.5. The number of esters is 2. The van der Waals surface area contributed by atoms with E-state index in [1.807, 2.05) is 0 Å². The molecule has 182 valence electrons. The lowest BCUT2D eigenvalue weighted by atomic mass is 9.75. The molecule has 1 aliphatic carbocycles. The van der Waals surface area contributed by atoms with E-state index < -0.39 is 24.5 Å². The first-order valence-electron chi connectivity index (χ1n) is 11.7. The molecule has 2 aromatic carbocycles. The van der Waals surface area contributed by atoms with Crippen LogP contribution in [0.15, 0.2) is 48.5 Å². The molecule has 0 unspecified atom stereocenters. The molecule has 0 aromatic heterocycles. The smallest absolute Gasteiger partial charge is 0.339 e.